The lowest BCUT2D eigenvalue weighted by Crippen LogP contribution is -2.29. The second-order valence-corrected chi connectivity index (χ2v) is 8.62. The van der Waals surface area contributed by atoms with E-state index in [1.807, 2.05) is 16.9 Å². The van der Waals surface area contributed by atoms with Gasteiger partial charge in [0.15, 0.2) is 5.58 Å². The molecule has 6 N–H and O–H groups in total. The number of nitrogen functional groups attached to an aromatic ring is 1. The van der Waals surface area contributed by atoms with Crippen molar-refractivity contribution in [3.63, 3.8) is 0 Å². The Bertz CT molecular complexity index is 1520. The Balaban J connectivity index is 0.000000289. The highest BCUT2D eigenvalue weighted by atomic mass is 19.4. The highest BCUT2D eigenvalue weighted by molar-refractivity contribution is 5.81. The van der Waals surface area contributed by atoms with Crippen LogP contribution in [-0.2, 0) is 9.59 Å². The van der Waals surface area contributed by atoms with Crippen LogP contribution in [-0.4, -0.2) is 72.4 Å². The minimum absolute atomic E-state index is 0.137. The third-order valence-corrected chi connectivity index (χ3v) is 5.62. The number of hydrogen-bond donors (Lipinski definition) is 5. The Morgan fingerprint density at radius 3 is 2.14 bits per heavy atom. The van der Waals surface area contributed by atoms with Crippen LogP contribution in [0.5, 0.6) is 5.75 Å². The van der Waals surface area contributed by atoms with Crippen molar-refractivity contribution in [1.29, 1.82) is 0 Å². The quantitative estimate of drug-likeness (QED) is 0.210. The van der Waals surface area contributed by atoms with E-state index in [0.29, 0.717) is 34.4 Å². The lowest BCUT2D eigenvalue weighted by Gasteiger charge is -2.22. The molecule has 42 heavy (non-hydrogen) atoms. The van der Waals surface area contributed by atoms with Crippen molar-refractivity contribution in [2.75, 3.05) is 18.8 Å². The third-order valence-electron chi connectivity index (χ3n) is 5.62. The summed E-state index contributed by atoms with van der Waals surface area (Å²) in [6.45, 7) is 2.03. The Labute approximate surface area is 231 Å². The van der Waals surface area contributed by atoms with E-state index in [2.05, 4.69) is 26.6 Å². The van der Waals surface area contributed by atoms with Crippen LogP contribution >= 0.6 is 0 Å². The molecule has 0 radical (unpaired) electrons. The fraction of sp³-hybridized carbons (Fsp3) is 0.292. The maximum absolute atomic E-state index is 10.6. The van der Waals surface area contributed by atoms with Crippen LogP contribution in [0.25, 0.3) is 33.7 Å². The number of alkyl halides is 6. The lowest BCUT2D eigenvalue weighted by molar-refractivity contribution is -0.193. The molecule has 5 rings (SSSR count). The van der Waals surface area contributed by atoms with E-state index in [0.717, 1.165) is 37.1 Å². The van der Waals surface area contributed by atoms with E-state index in [4.69, 9.17) is 30.0 Å². The summed E-state index contributed by atoms with van der Waals surface area (Å²) in [5.41, 5.74) is 9.72. The van der Waals surface area contributed by atoms with Crippen LogP contribution in [0.1, 0.15) is 18.9 Å². The van der Waals surface area contributed by atoms with Crippen molar-refractivity contribution in [2.24, 2.45) is 0 Å². The van der Waals surface area contributed by atoms with Gasteiger partial charge >= 0.3 is 24.3 Å². The monoisotopic (exact) mass is 604 g/mol. The fourth-order valence-corrected chi connectivity index (χ4v) is 3.59. The van der Waals surface area contributed by atoms with E-state index >= 15 is 0 Å². The van der Waals surface area contributed by atoms with Crippen molar-refractivity contribution in [1.82, 2.24) is 25.1 Å². The number of piperidine rings is 1. The number of aromatic hydroxyl groups is 1. The van der Waals surface area contributed by atoms with Crippen molar-refractivity contribution in [3.8, 4) is 28.3 Å². The molecule has 3 aromatic heterocycles. The van der Waals surface area contributed by atoms with Gasteiger partial charge in [-0.3, -0.25) is 4.68 Å². The maximum Gasteiger partial charge on any atom is 0.490 e. The van der Waals surface area contributed by atoms with Gasteiger partial charge in [0.05, 0.1) is 17.8 Å². The molecule has 0 aliphatic carbocycles. The summed E-state index contributed by atoms with van der Waals surface area (Å²) in [7, 11) is 0. The molecule has 4 heterocycles. The van der Waals surface area contributed by atoms with Crippen LogP contribution < -0.4 is 11.1 Å². The van der Waals surface area contributed by atoms with Gasteiger partial charge in [-0.15, -0.1) is 0 Å². The summed E-state index contributed by atoms with van der Waals surface area (Å²) in [6.07, 6.45) is -2.39. The highest BCUT2D eigenvalue weighted by Crippen LogP contribution is 2.32. The van der Waals surface area contributed by atoms with Crippen molar-refractivity contribution < 1.29 is 55.7 Å². The lowest BCUT2D eigenvalue weighted by atomic mass is 10.1. The summed E-state index contributed by atoms with van der Waals surface area (Å²) in [5.74, 6) is -4.67. The number of nitrogens with zero attached hydrogens (tertiary/aromatic N) is 4. The van der Waals surface area contributed by atoms with Crippen LogP contribution in [0.15, 0.2) is 47.3 Å². The average Bonchev–Trinajstić information content (AvgIpc) is 3.57. The molecule has 0 unspecified atom stereocenters. The molecule has 226 valence electrons. The van der Waals surface area contributed by atoms with Gasteiger partial charge in [0.2, 0.25) is 5.89 Å². The number of phenols is 1. The van der Waals surface area contributed by atoms with Gasteiger partial charge in [-0.1, -0.05) is 0 Å². The minimum atomic E-state index is -5.08. The zero-order valence-corrected chi connectivity index (χ0v) is 21.1. The first-order valence-corrected chi connectivity index (χ1v) is 11.8. The van der Waals surface area contributed by atoms with Crippen molar-refractivity contribution >= 4 is 28.9 Å². The minimum Gasteiger partial charge on any atom is -0.508 e. The number of anilines is 1. The Hall–Kier alpha value is -4.87. The number of aliphatic carboxylic acids is 2. The topological polar surface area (TPSA) is 190 Å². The first kappa shape index (κ1) is 31.7. The Morgan fingerprint density at radius 1 is 0.976 bits per heavy atom. The number of nitrogens with two attached hydrogens (primary N) is 1. The van der Waals surface area contributed by atoms with Gasteiger partial charge in [0.1, 0.15) is 17.1 Å². The maximum atomic E-state index is 10.6. The van der Waals surface area contributed by atoms with Crippen molar-refractivity contribution in [2.45, 2.75) is 31.2 Å². The Kier molecular flexibility index (Phi) is 9.61. The summed E-state index contributed by atoms with van der Waals surface area (Å²) < 4.78 is 71.3. The summed E-state index contributed by atoms with van der Waals surface area (Å²) in [4.78, 5) is 26.6. The van der Waals surface area contributed by atoms with E-state index in [1.54, 1.807) is 24.4 Å². The molecule has 1 saturated heterocycles. The average molecular weight is 604 g/mol. The molecular weight excluding hydrogens is 582 g/mol. The van der Waals surface area contributed by atoms with Gasteiger partial charge in [-0.05, 0) is 44.1 Å². The molecule has 1 aliphatic rings. The number of oxazole rings is 1. The first-order valence-electron chi connectivity index (χ1n) is 11.8. The molecule has 12 nitrogen and oxygen atoms in total. The molecule has 1 aromatic carbocycles. The van der Waals surface area contributed by atoms with Crippen LogP contribution in [0.3, 0.4) is 0 Å². The molecule has 0 amide bonds. The van der Waals surface area contributed by atoms with E-state index in [1.165, 1.54) is 0 Å². The van der Waals surface area contributed by atoms with Gasteiger partial charge in [0.25, 0.3) is 0 Å². The molecule has 0 spiro atoms. The molecule has 0 bridgehead atoms. The number of nitrogens with one attached hydrogen (secondary N) is 1. The zero-order chi connectivity index (χ0) is 31.2. The Morgan fingerprint density at radius 2 is 1.57 bits per heavy atom. The molecule has 0 saturated carbocycles. The smallest absolute Gasteiger partial charge is 0.490 e. The van der Waals surface area contributed by atoms with Gasteiger partial charge in [-0.25, -0.2) is 19.6 Å². The number of pyridine rings is 1. The standard InChI is InChI=1S/C20H20N6O2.2C2HF3O2/c21-19-16(20-25-17-8-15(27)1-2-18(17)28-20)7-12(9-23-19)13-10-24-26(11-13)14-3-5-22-6-4-14;2*3-2(4,5)1(6)7/h1-2,7-11,14,22,27H,3-6H2,(H2,21,23);2*(H,6,7). The molecule has 18 heteroatoms. The van der Waals surface area contributed by atoms with Crippen LogP contribution in [0.4, 0.5) is 32.2 Å². The summed E-state index contributed by atoms with van der Waals surface area (Å²) >= 11 is 0. The van der Waals surface area contributed by atoms with E-state index < -0.39 is 24.3 Å². The number of carbonyl (C=O) groups is 2. The molecule has 1 fully saturated rings. The largest absolute Gasteiger partial charge is 0.508 e. The predicted octanol–water partition coefficient (Wildman–Crippen LogP) is 4.23. The van der Waals surface area contributed by atoms with E-state index in [9.17, 15) is 31.4 Å². The SMILES string of the molecule is Nc1ncc(-c2cnn(C3CCNCC3)c2)cc1-c1nc2cc(O)ccc2o1.O=C(O)C(F)(F)F.O=C(O)C(F)(F)F. The number of fused-ring (bicyclic) bond motifs is 1. The predicted molar refractivity (Wildman–Crippen MR) is 133 cm³/mol. The third kappa shape index (κ3) is 8.32. The van der Waals surface area contributed by atoms with E-state index in [-0.39, 0.29) is 5.75 Å². The number of aromatic nitrogens is 4. The molecule has 4 aromatic rings. The number of phenolic OH excluding ortho intramolecular Hbond substituents is 1. The van der Waals surface area contributed by atoms with Gasteiger partial charge < -0.3 is 30.8 Å². The number of hydrogen-bond acceptors (Lipinski definition) is 9. The first-order chi connectivity index (χ1) is 19.6. The second kappa shape index (κ2) is 12.8. The number of carboxylic acid groups (broad SMARTS) is 2. The van der Waals surface area contributed by atoms with Crippen molar-refractivity contribution in [3.05, 3.63) is 42.9 Å². The second-order valence-electron chi connectivity index (χ2n) is 8.62. The number of halogens is 6. The van der Waals surface area contributed by atoms with Crippen LogP contribution in [0, 0.1) is 0 Å². The fourth-order valence-electron chi connectivity index (χ4n) is 3.59. The molecular formula is C24H22F6N6O6. The van der Waals surface area contributed by atoms with Gasteiger partial charge in [-0.2, -0.15) is 31.4 Å². The number of benzene rings is 1. The molecule has 0 atom stereocenters. The number of carboxylic acids is 2. The number of rotatable bonds is 3. The zero-order valence-electron chi connectivity index (χ0n) is 21.1. The molecule has 1 aliphatic heterocycles. The highest BCUT2D eigenvalue weighted by Gasteiger charge is 2.38. The summed E-state index contributed by atoms with van der Waals surface area (Å²) in [6, 6.07) is 7.12. The summed E-state index contributed by atoms with van der Waals surface area (Å²) in [5, 5.41) is 31.8. The van der Waals surface area contributed by atoms with Gasteiger partial charge in [0, 0.05) is 29.6 Å². The normalized spacial score (nSPS) is 14.0. The van der Waals surface area contributed by atoms with Crippen LogP contribution in [0.2, 0.25) is 0 Å².